The molecule has 0 radical (unpaired) electrons. The minimum Gasteiger partial charge on any atom is -0.495 e. The van der Waals surface area contributed by atoms with Crippen molar-refractivity contribution in [2.24, 2.45) is 0 Å². The summed E-state index contributed by atoms with van der Waals surface area (Å²) in [6.07, 6.45) is 0. The minimum absolute atomic E-state index is 0.148. The maximum absolute atomic E-state index is 13.2. The standard InChI is InChI=1S/C26H31N3O3S.C25H28FN3O3S/c1-18-5-7-21(8-6-18)22-9-12-24(13-10-22)33(30,31)28-23-11-14-26(32-4)25(15-23)29-16-19(2)27-20(3)17-29;1-17-15-29(16-18(2)27-17)24-14-22(10-13-25(24)32-3)28-33(30,31)23-11-6-20(7-12-23)19-4-8-21(26)9-5-19/h5-15,19-20,27-28H,16-17H2,1-4H3;4-14,17-18,27-28H,15-16H2,1-3H3/t19-,20+;17-,18+. The number of ether oxygens (including phenoxy) is 2. The van der Waals surface area contributed by atoms with E-state index in [9.17, 15) is 21.2 Å². The van der Waals surface area contributed by atoms with Crippen LogP contribution in [0.5, 0.6) is 11.5 Å². The number of anilines is 4. The van der Waals surface area contributed by atoms with Gasteiger partial charge in [0, 0.05) is 50.3 Å². The molecule has 0 spiro atoms. The van der Waals surface area contributed by atoms with Gasteiger partial charge in [0.1, 0.15) is 17.3 Å². The predicted octanol–water partition coefficient (Wildman–Crippen LogP) is 9.15. The highest BCUT2D eigenvalue weighted by atomic mass is 32.2. The average molecular weight is 935 g/mol. The fraction of sp³-hybridized carbons (Fsp3) is 0.294. The van der Waals surface area contributed by atoms with Gasteiger partial charge < -0.3 is 29.9 Å². The molecule has 4 N–H and O–H groups in total. The number of hydrogen-bond donors (Lipinski definition) is 4. The lowest BCUT2D eigenvalue weighted by Crippen LogP contribution is -2.54. The summed E-state index contributed by atoms with van der Waals surface area (Å²) in [4.78, 5) is 4.81. The normalized spacial score (nSPS) is 18.7. The smallest absolute Gasteiger partial charge is 0.261 e. The molecule has 0 aliphatic carbocycles. The Balaban J connectivity index is 0.000000196. The molecule has 12 nitrogen and oxygen atoms in total. The molecule has 0 aromatic heterocycles. The van der Waals surface area contributed by atoms with Gasteiger partial charge in [-0.25, -0.2) is 21.2 Å². The Morgan fingerprint density at radius 3 is 1.15 bits per heavy atom. The zero-order valence-electron chi connectivity index (χ0n) is 38.4. The molecule has 2 aliphatic rings. The molecule has 2 fully saturated rings. The molecule has 6 aromatic carbocycles. The summed E-state index contributed by atoms with van der Waals surface area (Å²) in [5.74, 6) is 1.11. The largest absolute Gasteiger partial charge is 0.495 e. The number of nitrogens with zero attached hydrogens (tertiary/aromatic N) is 2. The summed E-state index contributed by atoms with van der Waals surface area (Å²) < 4.78 is 81.9. The quantitative estimate of drug-likeness (QED) is 0.0940. The number of methoxy groups -OCH3 is 2. The fourth-order valence-corrected chi connectivity index (χ4v) is 10.6. The van der Waals surface area contributed by atoms with Crippen LogP contribution in [0.1, 0.15) is 33.3 Å². The zero-order chi connectivity index (χ0) is 47.2. The van der Waals surface area contributed by atoms with Gasteiger partial charge >= 0.3 is 0 Å². The van der Waals surface area contributed by atoms with Crippen molar-refractivity contribution in [2.75, 3.05) is 59.6 Å². The van der Waals surface area contributed by atoms with Crippen molar-refractivity contribution in [3.05, 3.63) is 145 Å². The number of sulfonamides is 2. The number of rotatable bonds is 12. The van der Waals surface area contributed by atoms with Crippen molar-refractivity contribution in [3.8, 4) is 33.8 Å². The number of halogens is 1. The third-order valence-corrected chi connectivity index (χ3v) is 14.3. The van der Waals surface area contributed by atoms with Crippen LogP contribution in [0, 0.1) is 12.7 Å². The number of hydrogen-bond acceptors (Lipinski definition) is 10. The third-order valence-electron chi connectivity index (χ3n) is 11.6. The van der Waals surface area contributed by atoms with Crippen LogP contribution in [0.25, 0.3) is 22.3 Å². The summed E-state index contributed by atoms with van der Waals surface area (Å²) in [5, 5.41) is 7.01. The molecular weight excluding hydrogens is 876 g/mol. The van der Waals surface area contributed by atoms with Gasteiger partial charge in [-0.3, -0.25) is 9.44 Å². The first kappa shape index (κ1) is 47.8. The topological polar surface area (TPSA) is 141 Å². The number of aryl methyl sites for hydroxylation is 1. The van der Waals surface area contributed by atoms with E-state index in [0.29, 0.717) is 41.3 Å². The van der Waals surface area contributed by atoms with Gasteiger partial charge in [-0.1, -0.05) is 66.2 Å². The van der Waals surface area contributed by atoms with E-state index in [1.807, 2.05) is 61.5 Å². The van der Waals surface area contributed by atoms with E-state index in [1.54, 1.807) is 80.9 Å². The van der Waals surface area contributed by atoms with Gasteiger partial charge in [-0.15, -0.1) is 0 Å². The minimum atomic E-state index is -3.79. The van der Waals surface area contributed by atoms with E-state index < -0.39 is 20.0 Å². The number of benzene rings is 6. The Morgan fingerprint density at radius 2 is 0.818 bits per heavy atom. The zero-order valence-corrected chi connectivity index (χ0v) is 40.0. The van der Waals surface area contributed by atoms with Crippen molar-refractivity contribution in [2.45, 2.75) is 68.6 Å². The highest BCUT2D eigenvalue weighted by Gasteiger charge is 2.26. The van der Waals surface area contributed by atoms with E-state index in [2.05, 4.69) is 57.6 Å². The van der Waals surface area contributed by atoms with Gasteiger partial charge in [0.25, 0.3) is 20.0 Å². The van der Waals surface area contributed by atoms with E-state index in [0.717, 1.165) is 65.6 Å². The van der Waals surface area contributed by atoms with Crippen LogP contribution < -0.4 is 39.4 Å². The van der Waals surface area contributed by atoms with E-state index in [1.165, 1.54) is 17.7 Å². The molecule has 15 heteroatoms. The lowest BCUT2D eigenvalue weighted by Gasteiger charge is -2.38. The van der Waals surface area contributed by atoms with E-state index >= 15 is 0 Å². The molecule has 0 amide bonds. The first-order chi connectivity index (χ1) is 31.5. The summed E-state index contributed by atoms with van der Waals surface area (Å²) in [5.41, 5.74) is 7.54. The molecule has 348 valence electrons. The highest BCUT2D eigenvalue weighted by Crippen LogP contribution is 2.35. The fourth-order valence-electron chi connectivity index (χ4n) is 8.52. The molecule has 6 aromatic rings. The Morgan fingerprint density at radius 1 is 0.500 bits per heavy atom. The molecule has 66 heavy (non-hydrogen) atoms. The molecule has 2 saturated heterocycles. The van der Waals surface area contributed by atoms with E-state index in [-0.39, 0.29) is 15.6 Å². The van der Waals surface area contributed by atoms with Crippen LogP contribution in [-0.4, -0.2) is 81.4 Å². The molecule has 8 rings (SSSR count). The van der Waals surface area contributed by atoms with Crippen molar-refractivity contribution in [1.29, 1.82) is 0 Å². The lowest BCUT2D eigenvalue weighted by molar-refractivity contribution is 0.391. The van der Waals surface area contributed by atoms with Crippen LogP contribution >= 0.6 is 0 Å². The molecule has 2 heterocycles. The van der Waals surface area contributed by atoms with Crippen LogP contribution in [0.15, 0.2) is 143 Å². The van der Waals surface area contributed by atoms with Crippen LogP contribution in [0.2, 0.25) is 0 Å². The molecule has 0 unspecified atom stereocenters. The Bertz CT molecular complexity index is 2600. The maximum Gasteiger partial charge on any atom is 0.261 e. The SMILES string of the molecule is COc1ccc(NS(=O)(=O)c2ccc(-c3ccc(C)cc3)cc2)cc1N1C[C@@H](C)N[C@@H](C)C1.COc1ccc(NS(=O)(=O)c2ccc(-c3ccc(F)cc3)cc2)cc1N1C[C@@H](C)N[C@@H](C)C1. The van der Waals surface area contributed by atoms with Crippen molar-refractivity contribution in [3.63, 3.8) is 0 Å². The van der Waals surface area contributed by atoms with Gasteiger partial charge in [0.15, 0.2) is 0 Å². The van der Waals surface area contributed by atoms with Crippen molar-refractivity contribution >= 4 is 42.8 Å². The molecule has 0 bridgehead atoms. The van der Waals surface area contributed by atoms with E-state index in [4.69, 9.17) is 9.47 Å². The second kappa shape index (κ2) is 20.6. The first-order valence-electron chi connectivity index (χ1n) is 22.0. The van der Waals surface area contributed by atoms with Gasteiger partial charge in [-0.05, 0) is 130 Å². The molecule has 0 saturated carbocycles. The number of piperazine rings is 2. The molecule has 2 aliphatic heterocycles. The monoisotopic (exact) mass is 934 g/mol. The number of nitrogens with one attached hydrogen (secondary N) is 4. The average Bonchev–Trinajstić information content (AvgIpc) is 3.29. The second-order valence-electron chi connectivity index (χ2n) is 17.2. The third kappa shape index (κ3) is 11.8. The maximum atomic E-state index is 13.2. The van der Waals surface area contributed by atoms with Crippen molar-refractivity contribution < 1.29 is 30.7 Å². The van der Waals surface area contributed by atoms with Crippen molar-refractivity contribution in [1.82, 2.24) is 10.6 Å². The van der Waals surface area contributed by atoms with Crippen LogP contribution in [0.4, 0.5) is 27.1 Å². The van der Waals surface area contributed by atoms with Gasteiger partial charge in [-0.2, -0.15) is 0 Å². The summed E-state index contributed by atoms with van der Waals surface area (Å²) in [7, 11) is -4.27. The Hall–Kier alpha value is -6.13. The summed E-state index contributed by atoms with van der Waals surface area (Å²) >= 11 is 0. The summed E-state index contributed by atoms with van der Waals surface area (Å²) in [6, 6.07) is 39.6. The predicted molar refractivity (Wildman–Crippen MR) is 265 cm³/mol. The summed E-state index contributed by atoms with van der Waals surface area (Å²) in [6.45, 7) is 13.8. The van der Waals surface area contributed by atoms with Gasteiger partial charge in [0.05, 0.1) is 46.8 Å². The lowest BCUT2D eigenvalue weighted by atomic mass is 10.0. The van der Waals surface area contributed by atoms with Gasteiger partial charge in [0.2, 0.25) is 0 Å². The molecular formula is C51H59FN6O6S2. The first-order valence-corrected chi connectivity index (χ1v) is 24.9. The Labute approximate surface area is 389 Å². The second-order valence-corrected chi connectivity index (χ2v) is 20.5. The van der Waals surface area contributed by atoms with Crippen LogP contribution in [-0.2, 0) is 20.0 Å². The van der Waals surface area contributed by atoms with Crippen LogP contribution in [0.3, 0.4) is 0 Å². The highest BCUT2D eigenvalue weighted by molar-refractivity contribution is 7.93. The molecule has 4 atom stereocenters. The Kier molecular flexibility index (Phi) is 14.9.